The molecular formula is C11H10FO. The molecule has 1 radical (unpaired) electrons. The predicted molar refractivity (Wildman–Crippen MR) is 48.4 cm³/mol. The third-order valence-corrected chi connectivity index (χ3v) is 1.28. The lowest BCUT2D eigenvalue weighted by Crippen LogP contribution is -2.14. The largest absolute Gasteiger partial charge is 0.378 e. The van der Waals surface area contributed by atoms with Crippen LogP contribution in [0.5, 0.6) is 0 Å². The van der Waals surface area contributed by atoms with E-state index in [9.17, 15) is 9.50 Å². The van der Waals surface area contributed by atoms with E-state index in [1.807, 2.05) is 0 Å². The number of aliphatic hydroxyl groups is 1. The van der Waals surface area contributed by atoms with E-state index in [2.05, 4.69) is 17.9 Å². The summed E-state index contributed by atoms with van der Waals surface area (Å²) in [5.74, 6) is 4.81. The smallest absolute Gasteiger partial charge is 0.132 e. The minimum absolute atomic E-state index is 0.442. The summed E-state index contributed by atoms with van der Waals surface area (Å²) in [5, 5.41) is 9.27. The van der Waals surface area contributed by atoms with E-state index in [0.717, 1.165) is 0 Å². The van der Waals surface area contributed by atoms with E-state index < -0.39 is 11.4 Å². The second kappa shape index (κ2) is 3.59. The van der Waals surface area contributed by atoms with Crippen LogP contribution < -0.4 is 0 Å². The van der Waals surface area contributed by atoms with Crippen molar-refractivity contribution in [3.8, 4) is 11.8 Å². The van der Waals surface area contributed by atoms with Gasteiger partial charge in [0, 0.05) is 11.6 Å². The van der Waals surface area contributed by atoms with Crippen LogP contribution in [-0.4, -0.2) is 10.7 Å². The summed E-state index contributed by atoms with van der Waals surface area (Å²) in [6.45, 7) is 3.15. The summed E-state index contributed by atoms with van der Waals surface area (Å²) < 4.78 is 12.6. The van der Waals surface area contributed by atoms with E-state index >= 15 is 0 Å². The Balaban J connectivity index is 2.90. The molecule has 1 rings (SSSR count). The molecule has 0 heterocycles. The molecule has 0 bridgehead atoms. The van der Waals surface area contributed by atoms with E-state index in [-0.39, 0.29) is 0 Å². The number of benzene rings is 1. The normalized spacial score (nSPS) is 10.5. The van der Waals surface area contributed by atoms with Gasteiger partial charge in [0.1, 0.15) is 11.4 Å². The highest BCUT2D eigenvalue weighted by Crippen LogP contribution is 2.02. The lowest BCUT2D eigenvalue weighted by Gasteiger charge is -2.05. The van der Waals surface area contributed by atoms with Crippen LogP contribution in [0.15, 0.2) is 18.2 Å². The van der Waals surface area contributed by atoms with Gasteiger partial charge in [0.15, 0.2) is 0 Å². The Bertz CT molecular complexity index is 352. The second-order valence-electron chi connectivity index (χ2n) is 3.23. The van der Waals surface area contributed by atoms with Crippen LogP contribution in [0.2, 0.25) is 0 Å². The van der Waals surface area contributed by atoms with Crippen molar-refractivity contribution >= 4 is 0 Å². The first-order chi connectivity index (χ1) is 5.97. The SMILES string of the molecule is CC(C)(O)C#Cc1cc[c]c(F)c1. The number of rotatable bonds is 0. The third-order valence-electron chi connectivity index (χ3n) is 1.28. The van der Waals surface area contributed by atoms with Gasteiger partial charge in [-0.05, 0) is 26.0 Å². The van der Waals surface area contributed by atoms with Crippen molar-refractivity contribution in [2.24, 2.45) is 0 Å². The highest BCUT2D eigenvalue weighted by molar-refractivity contribution is 5.35. The molecule has 0 aliphatic heterocycles. The van der Waals surface area contributed by atoms with Gasteiger partial charge < -0.3 is 5.11 Å². The quantitative estimate of drug-likeness (QED) is 0.598. The fourth-order valence-corrected chi connectivity index (χ4v) is 0.740. The van der Waals surface area contributed by atoms with Gasteiger partial charge in [0.05, 0.1) is 0 Å². The van der Waals surface area contributed by atoms with Crippen LogP contribution in [0.4, 0.5) is 4.39 Å². The first kappa shape index (κ1) is 9.76. The lowest BCUT2D eigenvalue weighted by molar-refractivity contribution is 0.143. The molecule has 1 nitrogen and oxygen atoms in total. The number of hydrogen-bond acceptors (Lipinski definition) is 1. The van der Waals surface area contributed by atoms with Gasteiger partial charge in [-0.1, -0.05) is 17.9 Å². The summed E-state index contributed by atoms with van der Waals surface area (Å²) in [4.78, 5) is 0. The van der Waals surface area contributed by atoms with Crippen molar-refractivity contribution in [2.45, 2.75) is 19.4 Å². The summed E-state index contributed by atoms with van der Waals surface area (Å²) in [6, 6.07) is 6.75. The van der Waals surface area contributed by atoms with Gasteiger partial charge in [0.25, 0.3) is 0 Å². The molecule has 0 aliphatic rings. The molecule has 0 spiro atoms. The van der Waals surface area contributed by atoms with E-state index in [4.69, 9.17) is 0 Å². The van der Waals surface area contributed by atoms with Crippen LogP contribution in [0.1, 0.15) is 19.4 Å². The zero-order valence-corrected chi connectivity index (χ0v) is 7.56. The van der Waals surface area contributed by atoms with Gasteiger partial charge in [-0.25, -0.2) is 4.39 Å². The molecular weight excluding hydrogens is 167 g/mol. The average molecular weight is 177 g/mol. The minimum Gasteiger partial charge on any atom is -0.378 e. The van der Waals surface area contributed by atoms with Crippen LogP contribution in [-0.2, 0) is 0 Å². The maximum Gasteiger partial charge on any atom is 0.132 e. The third kappa shape index (κ3) is 3.73. The highest BCUT2D eigenvalue weighted by Gasteiger charge is 2.05. The fraction of sp³-hybridized carbons (Fsp3) is 0.273. The lowest BCUT2D eigenvalue weighted by atomic mass is 10.1. The summed E-state index contributed by atoms with van der Waals surface area (Å²) in [7, 11) is 0. The Hall–Kier alpha value is -1.33. The van der Waals surface area contributed by atoms with Crippen LogP contribution in [0, 0.1) is 23.7 Å². The van der Waals surface area contributed by atoms with Crippen molar-refractivity contribution in [1.29, 1.82) is 0 Å². The van der Waals surface area contributed by atoms with Gasteiger partial charge in [-0.3, -0.25) is 0 Å². The van der Waals surface area contributed by atoms with Crippen molar-refractivity contribution in [2.75, 3.05) is 0 Å². The van der Waals surface area contributed by atoms with Gasteiger partial charge in [0.2, 0.25) is 0 Å². The maximum absolute atomic E-state index is 12.6. The Morgan fingerprint density at radius 3 is 2.77 bits per heavy atom. The monoisotopic (exact) mass is 177 g/mol. The van der Waals surface area contributed by atoms with Crippen molar-refractivity contribution < 1.29 is 9.50 Å². The molecule has 0 unspecified atom stereocenters. The van der Waals surface area contributed by atoms with Crippen molar-refractivity contribution in [3.63, 3.8) is 0 Å². The number of halogens is 1. The molecule has 1 N–H and O–H groups in total. The maximum atomic E-state index is 12.6. The molecule has 0 atom stereocenters. The van der Waals surface area contributed by atoms with Crippen LogP contribution >= 0.6 is 0 Å². The Morgan fingerprint density at radius 1 is 1.54 bits per heavy atom. The highest BCUT2D eigenvalue weighted by atomic mass is 19.1. The van der Waals surface area contributed by atoms with Crippen LogP contribution in [0.25, 0.3) is 0 Å². The predicted octanol–water partition coefficient (Wildman–Crippen LogP) is 1.75. The Morgan fingerprint density at radius 2 is 2.23 bits per heavy atom. The van der Waals surface area contributed by atoms with Gasteiger partial charge in [-0.15, -0.1) is 0 Å². The summed E-state index contributed by atoms with van der Waals surface area (Å²) >= 11 is 0. The first-order valence-electron chi connectivity index (χ1n) is 3.90. The standard InChI is InChI=1S/C11H10FO/c1-11(2,13)7-6-9-4-3-5-10(12)8-9/h3-4,8,13H,1-2H3. The number of hydrogen-bond donors (Lipinski definition) is 1. The topological polar surface area (TPSA) is 20.2 Å². The molecule has 0 aliphatic carbocycles. The molecule has 0 fully saturated rings. The van der Waals surface area contributed by atoms with Crippen LogP contribution in [0.3, 0.4) is 0 Å². The minimum atomic E-state index is -1.05. The molecule has 13 heavy (non-hydrogen) atoms. The molecule has 67 valence electrons. The molecule has 0 saturated heterocycles. The average Bonchev–Trinajstić information content (AvgIpc) is 2.00. The molecule has 0 saturated carbocycles. The summed E-state index contributed by atoms with van der Waals surface area (Å²) in [5.41, 5.74) is -0.505. The fourth-order valence-electron chi connectivity index (χ4n) is 0.740. The van der Waals surface area contributed by atoms with Gasteiger partial charge >= 0.3 is 0 Å². The van der Waals surface area contributed by atoms with Crippen molar-refractivity contribution in [1.82, 2.24) is 0 Å². The molecule has 1 aromatic rings. The molecule has 1 aromatic carbocycles. The van der Waals surface area contributed by atoms with Gasteiger partial charge in [-0.2, -0.15) is 0 Å². The Kier molecular flexibility index (Phi) is 2.69. The molecule has 0 amide bonds. The molecule has 0 aromatic heterocycles. The van der Waals surface area contributed by atoms with E-state index in [1.165, 1.54) is 12.1 Å². The van der Waals surface area contributed by atoms with E-state index in [1.54, 1.807) is 19.9 Å². The Labute approximate surface area is 77.2 Å². The van der Waals surface area contributed by atoms with E-state index in [0.29, 0.717) is 5.56 Å². The van der Waals surface area contributed by atoms with Crippen molar-refractivity contribution in [3.05, 3.63) is 35.6 Å². The zero-order valence-electron chi connectivity index (χ0n) is 7.56. The summed E-state index contributed by atoms with van der Waals surface area (Å²) in [6.07, 6.45) is 0. The molecule has 2 heteroatoms. The zero-order chi connectivity index (χ0) is 9.90. The first-order valence-corrected chi connectivity index (χ1v) is 3.90. The second-order valence-corrected chi connectivity index (χ2v) is 3.23.